The first-order chi connectivity index (χ1) is 11.9. The number of hydrogen-bond acceptors (Lipinski definition) is 4. The van der Waals surface area contributed by atoms with Crippen LogP contribution >= 0.6 is 23.8 Å². The van der Waals surface area contributed by atoms with Crippen molar-refractivity contribution in [3.8, 4) is 5.75 Å². The molecule has 0 heterocycles. The summed E-state index contributed by atoms with van der Waals surface area (Å²) < 4.78 is 5.31. The quantitative estimate of drug-likeness (QED) is 0.689. The Labute approximate surface area is 154 Å². The Morgan fingerprint density at radius 2 is 1.80 bits per heavy atom. The van der Waals surface area contributed by atoms with E-state index in [0.717, 1.165) is 0 Å². The topological polar surface area (TPSA) is 87.7 Å². The van der Waals surface area contributed by atoms with Gasteiger partial charge >= 0.3 is 5.97 Å². The molecule has 2 rings (SSSR count). The van der Waals surface area contributed by atoms with Crippen LogP contribution in [0.2, 0.25) is 5.02 Å². The van der Waals surface area contributed by atoms with Crippen LogP contribution in [0.5, 0.6) is 5.75 Å². The fraction of sp³-hybridized carbons (Fsp3) is 0.118. The third-order valence-electron chi connectivity index (χ3n) is 3.11. The van der Waals surface area contributed by atoms with Crippen molar-refractivity contribution < 1.29 is 19.4 Å². The number of rotatable bonds is 5. The zero-order valence-electron chi connectivity index (χ0n) is 13.2. The van der Waals surface area contributed by atoms with Crippen LogP contribution in [0.4, 0.5) is 5.69 Å². The Morgan fingerprint density at radius 1 is 1.16 bits per heavy atom. The summed E-state index contributed by atoms with van der Waals surface area (Å²) in [5.41, 5.74) is 1.04. The molecular weight excluding hydrogens is 364 g/mol. The highest BCUT2D eigenvalue weighted by Crippen LogP contribution is 2.25. The second-order valence-electron chi connectivity index (χ2n) is 4.87. The number of carboxylic acids is 1. The van der Waals surface area contributed by atoms with E-state index < -0.39 is 11.9 Å². The van der Waals surface area contributed by atoms with Gasteiger partial charge in [0.05, 0.1) is 17.2 Å². The lowest BCUT2D eigenvalue weighted by molar-refractivity contribution is 0.0696. The molecule has 0 atom stereocenters. The number of carbonyl (C=O) groups is 2. The van der Waals surface area contributed by atoms with E-state index >= 15 is 0 Å². The van der Waals surface area contributed by atoms with E-state index in [0.29, 0.717) is 28.6 Å². The molecule has 0 saturated heterocycles. The fourth-order valence-electron chi connectivity index (χ4n) is 1.95. The van der Waals surface area contributed by atoms with Gasteiger partial charge in [-0.15, -0.1) is 0 Å². The number of amides is 1. The molecule has 8 heteroatoms. The average Bonchev–Trinajstić information content (AvgIpc) is 2.57. The van der Waals surface area contributed by atoms with Crippen LogP contribution in [-0.2, 0) is 0 Å². The van der Waals surface area contributed by atoms with Gasteiger partial charge in [-0.2, -0.15) is 0 Å². The summed E-state index contributed by atoms with van der Waals surface area (Å²) in [6.45, 7) is 2.31. The maximum Gasteiger partial charge on any atom is 0.335 e. The SMILES string of the molecule is CCOc1ccc(C(=O)NC(=S)Nc2ccc(C(=O)O)cc2)cc1Cl. The van der Waals surface area contributed by atoms with Gasteiger partial charge in [0.15, 0.2) is 5.11 Å². The predicted molar refractivity (Wildman–Crippen MR) is 99.7 cm³/mol. The molecule has 0 aliphatic carbocycles. The number of carbonyl (C=O) groups excluding carboxylic acids is 1. The van der Waals surface area contributed by atoms with Crippen molar-refractivity contribution >= 4 is 46.5 Å². The molecule has 25 heavy (non-hydrogen) atoms. The van der Waals surface area contributed by atoms with E-state index in [1.165, 1.54) is 18.2 Å². The first kappa shape index (κ1) is 18.7. The Hall–Kier alpha value is -2.64. The van der Waals surface area contributed by atoms with Crippen LogP contribution in [-0.4, -0.2) is 28.7 Å². The lowest BCUT2D eigenvalue weighted by Crippen LogP contribution is -2.34. The van der Waals surface area contributed by atoms with E-state index in [1.54, 1.807) is 24.3 Å². The van der Waals surface area contributed by atoms with Gasteiger partial charge in [0.25, 0.3) is 5.91 Å². The van der Waals surface area contributed by atoms with Crippen LogP contribution in [0, 0.1) is 0 Å². The van der Waals surface area contributed by atoms with Crippen molar-refractivity contribution in [2.45, 2.75) is 6.92 Å². The summed E-state index contributed by atoms with van der Waals surface area (Å²) in [6.07, 6.45) is 0. The van der Waals surface area contributed by atoms with Gasteiger partial charge in [-0.3, -0.25) is 10.1 Å². The van der Waals surface area contributed by atoms with Crippen LogP contribution < -0.4 is 15.4 Å². The molecule has 6 nitrogen and oxygen atoms in total. The molecule has 130 valence electrons. The summed E-state index contributed by atoms with van der Waals surface area (Å²) in [5, 5.41) is 14.6. The zero-order chi connectivity index (χ0) is 18.4. The first-order valence-electron chi connectivity index (χ1n) is 7.28. The number of hydrogen-bond donors (Lipinski definition) is 3. The highest BCUT2D eigenvalue weighted by molar-refractivity contribution is 7.80. The number of nitrogens with one attached hydrogen (secondary N) is 2. The molecule has 1 amide bonds. The largest absolute Gasteiger partial charge is 0.492 e. The summed E-state index contributed by atoms with van der Waals surface area (Å²) >= 11 is 11.1. The predicted octanol–water partition coefficient (Wildman–Crippen LogP) is 3.56. The van der Waals surface area contributed by atoms with Gasteiger partial charge in [0, 0.05) is 11.3 Å². The second kappa shape index (κ2) is 8.46. The lowest BCUT2D eigenvalue weighted by atomic mass is 10.2. The maximum atomic E-state index is 12.2. The summed E-state index contributed by atoms with van der Waals surface area (Å²) in [6, 6.07) is 10.7. The van der Waals surface area contributed by atoms with Gasteiger partial charge in [0.2, 0.25) is 0 Å². The molecule has 0 bridgehead atoms. The first-order valence-corrected chi connectivity index (χ1v) is 8.07. The number of carboxylic acid groups (broad SMARTS) is 1. The molecule has 0 aromatic heterocycles. The molecule has 3 N–H and O–H groups in total. The molecule has 0 aliphatic heterocycles. The van der Waals surface area contributed by atoms with Gasteiger partial charge in [-0.25, -0.2) is 4.79 Å². The second-order valence-corrected chi connectivity index (χ2v) is 5.68. The number of thiocarbonyl (C=S) groups is 1. The summed E-state index contributed by atoms with van der Waals surface area (Å²) in [4.78, 5) is 23.0. The van der Waals surface area contributed by atoms with Crippen molar-refractivity contribution in [2.75, 3.05) is 11.9 Å². The van der Waals surface area contributed by atoms with Crippen molar-refractivity contribution in [3.63, 3.8) is 0 Å². The van der Waals surface area contributed by atoms with Crippen LogP contribution in [0.25, 0.3) is 0 Å². The Morgan fingerprint density at radius 3 is 2.36 bits per heavy atom. The molecule has 0 fully saturated rings. The highest BCUT2D eigenvalue weighted by atomic mass is 35.5. The molecule has 2 aromatic carbocycles. The lowest BCUT2D eigenvalue weighted by Gasteiger charge is -2.11. The number of anilines is 1. The van der Waals surface area contributed by atoms with Crippen molar-refractivity contribution in [1.82, 2.24) is 5.32 Å². The number of ether oxygens (including phenoxy) is 1. The maximum absolute atomic E-state index is 12.2. The average molecular weight is 379 g/mol. The number of aromatic carboxylic acids is 1. The Bertz CT molecular complexity index is 809. The van der Waals surface area contributed by atoms with Crippen LogP contribution in [0.3, 0.4) is 0 Å². The molecule has 2 aromatic rings. The fourth-order valence-corrected chi connectivity index (χ4v) is 2.39. The summed E-state index contributed by atoms with van der Waals surface area (Å²) in [7, 11) is 0. The van der Waals surface area contributed by atoms with Gasteiger partial charge in [-0.1, -0.05) is 11.6 Å². The van der Waals surface area contributed by atoms with Crippen molar-refractivity contribution in [1.29, 1.82) is 0 Å². The van der Waals surface area contributed by atoms with Gasteiger partial charge in [0.1, 0.15) is 5.75 Å². The Balaban J connectivity index is 1.99. The molecule has 0 spiro atoms. The molecule has 0 aliphatic rings. The molecule has 0 unspecified atom stereocenters. The van der Waals surface area contributed by atoms with Gasteiger partial charge in [-0.05, 0) is 61.6 Å². The number of halogens is 1. The minimum atomic E-state index is -1.02. The van der Waals surface area contributed by atoms with E-state index in [4.69, 9.17) is 33.7 Å². The van der Waals surface area contributed by atoms with E-state index in [-0.39, 0.29) is 10.7 Å². The molecular formula is C17H15ClN2O4S. The zero-order valence-corrected chi connectivity index (χ0v) is 14.8. The van der Waals surface area contributed by atoms with E-state index in [1.807, 2.05) is 6.92 Å². The Kier molecular flexibility index (Phi) is 6.32. The van der Waals surface area contributed by atoms with E-state index in [2.05, 4.69) is 10.6 Å². The minimum Gasteiger partial charge on any atom is -0.492 e. The van der Waals surface area contributed by atoms with E-state index in [9.17, 15) is 9.59 Å². The number of benzene rings is 2. The van der Waals surface area contributed by atoms with Crippen LogP contribution in [0.15, 0.2) is 42.5 Å². The van der Waals surface area contributed by atoms with Crippen molar-refractivity contribution in [2.24, 2.45) is 0 Å². The minimum absolute atomic E-state index is 0.0816. The van der Waals surface area contributed by atoms with Crippen LogP contribution in [0.1, 0.15) is 27.6 Å². The smallest absolute Gasteiger partial charge is 0.335 e. The monoisotopic (exact) mass is 378 g/mol. The normalized spacial score (nSPS) is 10.0. The van der Waals surface area contributed by atoms with Gasteiger partial charge < -0.3 is 15.2 Å². The summed E-state index contributed by atoms with van der Waals surface area (Å²) in [5.74, 6) is -0.945. The molecule has 0 radical (unpaired) electrons. The van der Waals surface area contributed by atoms with Crippen molar-refractivity contribution in [3.05, 3.63) is 58.6 Å². The molecule has 0 saturated carbocycles. The highest BCUT2D eigenvalue weighted by Gasteiger charge is 2.11. The standard InChI is InChI=1S/C17H15ClN2O4S/c1-2-24-14-8-5-11(9-13(14)18)15(21)20-17(25)19-12-6-3-10(4-7-12)16(22)23/h3-9H,2H2,1H3,(H,22,23)(H2,19,20,21,25). The third-order valence-corrected chi connectivity index (χ3v) is 3.61. The third kappa shape index (κ3) is 5.17.